The van der Waals surface area contributed by atoms with E-state index in [0.717, 1.165) is 11.1 Å². The van der Waals surface area contributed by atoms with Gasteiger partial charge >= 0.3 is 0 Å². The summed E-state index contributed by atoms with van der Waals surface area (Å²) in [5.41, 5.74) is 2.93. The second-order valence-corrected chi connectivity index (χ2v) is 5.82. The molecule has 0 aliphatic rings. The Kier molecular flexibility index (Phi) is 5.88. The Bertz CT molecular complexity index is 666. The first-order valence-corrected chi connectivity index (χ1v) is 7.69. The average molecular weight is 315 g/mol. The molecule has 0 aliphatic carbocycles. The molecule has 0 unspecified atom stereocenters. The highest BCUT2D eigenvalue weighted by atomic mass is 19.1. The number of carbonyl (C=O) groups is 1. The van der Waals surface area contributed by atoms with Crippen molar-refractivity contribution in [1.29, 1.82) is 0 Å². The van der Waals surface area contributed by atoms with Crippen molar-refractivity contribution in [2.75, 3.05) is 0 Å². The van der Waals surface area contributed by atoms with E-state index < -0.39 is 0 Å². The van der Waals surface area contributed by atoms with Crippen LogP contribution >= 0.6 is 0 Å². The van der Waals surface area contributed by atoms with E-state index in [1.807, 2.05) is 38.1 Å². The number of aryl methyl sites for hydroxylation is 1. The third kappa shape index (κ3) is 5.18. The van der Waals surface area contributed by atoms with Gasteiger partial charge in [-0.25, -0.2) is 4.39 Å². The summed E-state index contributed by atoms with van der Waals surface area (Å²) in [7, 11) is 0. The van der Waals surface area contributed by atoms with Crippen LogP contribution < -0.4 is 5.32 Å². The lowest BCUT2D eigenvalue weighted by Crippen LogP contribution is -2.22. The Balaban J connectivity index is 1.89. The molecule has 3 nitrogen and oxygen atoms in total. The molecule has 1 N–H and O–H groups in total. The maximum atomic E-state index is 13.5. The van der Waals surface area contributed by atoms with E-state index in [4.69, 9.17) is 4.74 Å². The average Bonchev–Trinajstić information content (AvgIpc) is 2.54. The maximum absolute atomic E-state index is 13.5. The molecule has 0 radical (unpaired) electrons. The molecular weight excluding hydrogens is 293 g/mol. The van der Waals surface area contributed by atoms with Gasteiger partial charge in [-0.2, -0.15) is 0 Å². The normalized spacial score (nSPS) is 10.8. The Morgan fingerprint density at radius 3 is 2.39 bits per heavy atom. The van der Waals surface area contributed by atoms with Crippen molar-refractivity contribution < 1.29 is 13.9 Å². The second kappa shape index (κ2) is 7.88. The molecule has 0 saturated heterocycles. The van der Waals surface area contributed by atoms with Crippen LogP contribution in [0.25, 0.3) is 0 Å². The van der Waals surface area contributed by atoms with E-state index in [1.165, 1.54) is 6.07 Å². The quantitative estimate of drug-likeness (QED) is 0.875. The molecule has 4 heteroatoms. The minimum atomic E-state index is -0.368. The lowest BCUT2D eigenvalue weighted by Gasteiger charge is -2.09. The van der Waals surface area contributed by atoms with Crippen LogP contribution in [0.15, 0.2) is 42.5 Å². The number of hydrogen-bond acceptors (Lipinski definition) is 2. The van der Waals surface area contributed by atoms with Gasteiger partial charge in [0.2, 0.25) is 0 Å². The van der Waals surface area contributed by atoms with Crippen molar-refractivity contribution in [3.63, 3.8) is 0 Å². The van der Waals surface area contributed by atoms with Crippen LogP contribution in [-0.4, -0.2) is 12.0 Å². The number of hydrogen-bond donors (Lipinski definition) is 1. The molecule has 23 heavy (non-hydrogen) atoms. The Labute approximate surface area is 136 Å². The van der Waals surface area contributed by atoms with Crippen LogP contribution in [0.2, 0.25) is 0 Å². The van der Waals surface area contributed by atoms with E-state index >= 15 is 0 Å². The maximum Gasteiger partial charge on any atom is 0.251 e. The Morgan fingerprint density at radius 2 is 1.78 bits per heavy atom. The Hall–Kier alpha value is -2.20. The molecule has 122 valence electrons. The molecule has 0 bridgehead atoms. The fraction of sp³-hybridized carbons (Fsp3) is 0.316. The molecule has 0 saturated carbocycles. The van der Waals surface area contributed by atoms with Gasteiger partial charge in [-0.3, -0.25) is 4.79 Å². The monoisotopic (exact) mass is 315 g/mol. The number of ether oxygens (including phenoxy) is 1. The van der Waals surface area contributed by atoms with Gasteiger partial charge in [-0.05, 0) is 49.6 Å². The third-order valence-corrected chi connectivity index (χ3v) is 3.49. The van der Waals surface area contributed by atoms with Crippen LogP contribution in [0, 0.1) is 12.7 Å². The van der Waals surface area contributed by atoms with E-state index in [-0.39, 0.29) is 17.8 Å². The van der Waals surface area contributed by atoms with Crippen molar-refractivity contribution in [1.82, 2.24) is 5.32 Å². The van der Waals surface area contributed by atoms with E-state index in [1.54, 1.807) is 19.1 Å². The lowest BCUT2D eigenvalue weighted by atomic mass is 10.1. The van der Waals surface area contributed by atoms with Gasteiger partial charge in [-0.15, -0.1) is 0 Å². The standard InChI is InChI=1S/C19H22FNO2/c1-13(2)23-12-16-7-5-15(6-8-16)11-21-19(22)17-9-4-14(3)18(20)10-17/h4-10,13H,11-12H2,1-3H3,(H,21,22). The third-order valence-electron chi connectivity index (χ3n) is 3.49. The topological polar surface area (TPSA) is 38.3 Å². The van der Waals surface area contributed by atoms with Gasteiger partial charge in [0.25, 0.3) is 5.91 Å². The summed E-state index contributed by atoms with van der Waals surface area (Å²) in [5, 5.41) is 2.79. The first-order chi connectivity index (χ1) is 11.0. The van der Waals surface area contributed by atoms with Crippen LogP contribution in [0.3, 0.4) is 0 Å². The summed E-state index contributed by atoms with van der Waals surface area (Å²) in [5.74, 6) is -0.650. The summed E-state index contributed by atoms with van der Waals surface area (Å²) >= 11 is 0. The van der Waals surface area contributed by atoms with Gasteiger partial charge in [0.05, 0.1) is 12.7 Å². The van der Waals surface area contributed by atoms with E-state index in [2.05, 4.69) is 5.32 Å². The zero-order valence-corrected chi connectivity index (χ0v) is 13.7. The molecular formula is C19H22FNO2. The molecule has 0 spiro atoms. The van der Waals surface area contributed by atoms with Crippen LogP contribution in [0.1, 0.15) is 40.9 Å². The number of rotatable bonds is 6. The highest BCUT2D eigenvalue weighted by Crippen LogP contribution is 2.10. The molecule has 0 aliphatic heterocycles. The molecule has 0 aromatic heterocycles. The van der Waals surface area contributed by atoms with Gasteiger partial charge in [0.15, 0.2) is 0 Å². The number of amides is 1. The molecule has 2 aromatic rings. The summed E-state index contributed by atoms with van der Waals surface area (Å²) in [6.07, 6.45) is 0.198. The van der Waals surface area contributed by atoms with E-state index in [9.17, 15) is 9.18 Å². The summed E-state index contributed by atoms with van der Waals surface area (Å²) < 4.78 is 19.0. The highest BCUT2D eigenvalue weighted by Gasteiger charge is 2.08. The number of nitrogens with one attached hydrogen (secondary N) is 1. The van der Waals surface area contributed by atoms with E-state index in [0.29, 0.717) is 24.3 Å². The molecule has 1 amide bonds. The summed E-state index contributed by atoms with van der Waals surface area (Å²) in [4.78, 5) is 12.0. The Morgan fingerprint density at radius 1 is 1.13 bits per heavy atom. The van der Waals surface area contributed by atoms with Crippen molar-refractivity contribution in [2.45, 2.75) is 40.0 Å². The number of carbonyl (C=O) groups excluding carboxylic acids is 1. The minimum absolute atomic E-state index is 0.198. The second-order valence-electron chi connectivity index (χ2n) is 5.82. The highest BCUT2D eigenvalue weighted by molar-refractivity contribution is 5.94. The van der Waals surface area contributed by atoms with Gasteiger partial charge in [0.1, 0.15) is 5.82 Å². The fourth-order valence-corrected chi connectivity index (χ4v) is 2.03. The molecule has 0 fully saturated rings. The first-order valence-electron chi connectivity index (χ1n) is 7.69. The zero-order valence-electron chi connectivity index (χ0n) is 13.7. The molecule has 2 rings (SSSR count). The number of halogens is 1. The zero-order chi connectivity index (χ0) is 16.8. The summed E-state index contributed by atoms with van der Waals surface area (Å²) in [6.45, 7) is 6.64. The predicted octanol–water partition coefficient (Wildman–Crippen LogP) is 3.99. The SMILES string of the molecule is Cc1ccc(C(=O)NCc2ccc(COC(C)C)cc2)cc1F. The molecule has 0 atom stereocenters. The molecule has 0 heterocycles. The predicted molar refractivity (Wildman–Crippen MR) is 88.7 cm³/mol. The van der Waals surface area contributed by atoms with Crippen LogP contribution in [0.5, 0.6) is 0 Å². The lowest BCUT2D eigenvalue weighted by molar-refractivity contribution is 0.0657. The van der Waals surface area contributed by atoms with Crippen LogP contribution in [-0.2, 0) is 17.9 Å². The largest absolute Gasteiger partial charge is 0.374 e. The summed E-state index contributed by atoms with van der Waals surface area (Å²) in [6, 6.07) is 12.4. The van der Waals surface area contributed by atoms with Gasteiger partial charge in [0, 0.05) is 12.1 Å². The van der Waals surface area contributed by atoms with Crippen molar-refractivity contribution in [3.8, 4) is 0 Å². The fourth-order valence-electron chi connectivity index (χ4n) is 2.03. The van der Waals surface area contributed by atoms with Crippen molar-refractivity contribution in [2.24, 2.45) is 0 Å². The molecule has 2 aromatic carbocycles. The minimum Gasteiger partial charge on any atom is -0.374 e. The smallest absolute Gasteiger partial charge is 0.251 e. The first kappa shape index (κ1) is 17.2. The number of benzene rings is 2. The van der Waals surface area contributed by atoms with Crippen LogP contribution in [0.4, 0.5) is 4.39 Å². The van der Waals surface area contributed by atoms with Gasteiger partial charge < -0.3 is 10.1 Å². The van der Waals surface area contributed by atoms with Crippen molar-refractivity contribution in [3.05, 3.63) is 70.5 Å². The van der Waals surface area contributed by atoms with Crippen molar-refractivity contribution >= 4 is 5.91 Å². The van der Waals surface area contributed by atoms with Gasteiger partial charge in [-0.1, -0.05) is 30.3 Å².